The van der Waals surface area contributed by atoms with E-state index in [0.29, 0.717) is 6.04 Å². The van der Waals surface area contributed by atoms with Gasteiger partial charge >= 0.3 is 0 Å². The molecule has 0 spiro atoms. The van der Waals surface area contributed by atoms with Crippen molar-refractivity contribution in [2.24, 2.45) is 0 Å². The molecule has 0 unspecified atom stereocenters. The van der Waals surface area contributed by atoms with E-state index in [4.69, 9.17) is 9.47 Å². The molecule has 1 N–H and O–H groups in total. The Kier molecular flexibility index (Phi) is 5.58. The van der Waals surface area contributed by atoms with Crippen molar-refractivity contribution in [3.8, 4) is 0 Å². The van der Waals surface area contributed by atoms with Crippen LogP contribution < -0.4 is 5.32 Å². The van der Waals surface area contributed by atoms with Crippen molar-refractivity contribution in [1.82, 2.24) is 5.32 Å². The second-order valence-electron chi connectivity index (χ2n) is 4.68. The number of rotatable bonds is 6. The fourth-order valence-corrected chi connectivity index (χ4v) is 1.82. The molecule has 1 heterocycles. The normalized spacial score (nSPS) is 20.8. The molecule has 15 heavy (non-hydrogen) atoms. The van der Waals surface area contributed by atoms with E-state index in [1.165, 1.54) is 0 Å². The Labute approximate surface area is 93.5 Å². The Bertz CT molecular complexity index is 165. The molecule has 0 aromatic heterocycles. The predicted octanol–water partition coefficient (Wildman–Crippen LogP) is 1.96. The number of nitrogens with one attached hydrogen (secondary N) is 1. The van der Waals surface area contributed by atoms with Gasteiger partial charge in [-0.15, -0.1) is 0 Å². The SMILES string of the molecule is CCCOC1(CNC(C)C)CCOCC1. The van der Waals surface area contributed by atoms with Gasteiger partial charge in [0, 0.05) is 45.2 Å². The van der Waals surface area contributed by atoms with Gasteiger partial charge in [-0.1, -0.05) is 20.8 Å². The molecule has 0 saturated carbocycles. The Morgan fingerprint density at radius 3 is 2.53 bits per heavy atom. The summed E-state index contributed by atoms with van der Waals surface area (Å²) in [5.74, 6) is 0. The lowest BCUT2D eigenvalue weighted by atomic mass is 9.93. The lowest BCUT2D eigenvalue weighted by Crippen LogP contribution is -2.49. The fraction of sp³-hybridized carbons (Fsp3) is 1.00. The van der Waals surface area contributed by atoms with Gasteiger partial charge in [0.1, 0.15) is 0 Å². The van der Waals surface area contributed by atoms with Crippen LogP contribution in [-0.2, 0) is 9.47 Å². The van der Waals surface area contributed by atoms with E-state index < -0.39 is 0 Å². The number of ether oxygens (including phenoxy) is 2. The predicted molar refractivity (Wildman–Crippen MR) is 62.2 cm³/mol. The summed E-state index contributed by atoms with van der Waals surface area (Å²) in [6.07, 6.45) is 3.13. The first kappa shape index (κ1) is 12.9. The molecule has 0 aliphatic carbocycles. The minimum Gasteiger partial charge on any atom is -0.381 e. The molecule has 3 heteroatoms. The van der Waals surface area contributed by atoms with Crippen LogP contribution in [0.5, 0.6) is 0 Å². The lowest BCUT2D eigenvalue weighted by Gasteiger charge is -2.38. The van der Waals surface area contributed by atoms with Crippen LogP contribution in [0, 0.1) is 0 Å². The topological polar surface area (TPSA) is 30.5 Å². The first-order chi connectivity index (χ1) is 7.18. The standard InChI is InChI=1S/C12H25NO2/c1-4-7-15-12(10-13-11(2)3)5-8-14-9-6-12/h11,13H,4-10H2,1-3H3. The van der Waals surface area contributed by atoms with E-state index in [2.05, 4.69) is 26.1 Å². The van der Waals surface area contributed by atoms with E-state index in [0.717, 1.165) is 45.6 Å². The highest BCUT2D eigenvalue weighted by Crippen LogP contribution is 2.24. The highest BCUT2D eigenvalue weighted by Gasteiger charge is 2.33. The monoisotopic (exact) mass is 215 g/mol. The van der Waals surface area contributed by atoms with Gasteiger partial charge in [-0.05, 0) is 6.42 Å². The molecule has 1 aliphatic heterocycles. The molecule has 3 nitrogen and oxygen atoms in total. The van der Waals surface area contributed by atoms with E-state index in [-0.39, 0.29) is 5.60 Å². The van der Waals surface area contributed by atoms with Gasteiger partial charge in [-0.25, -0.2) is 0 Å². The van der Waals surface area contributed by atoms with Gasteiger partial charge in [0.25, 0.3) is 0 Å². The summed E-state index contributed by atoms with van der Waals surface area (Å²) in [5.41, 5.74) is 0.0263. The zero-order valence-corrected chi connectivity index (χ0v) is 10.3. The molecule has 0 bridgehead atoms. The summed E-state index contributed by atoms with van der Waals surface area (Å²) in [4.78, 5) is 0. The molecule has 1 rings (SSSR count). The van der Waals surface area contributed by atoms with Crippen LogP contribution in [0.25, 0.3) is 0 Å². The Balaban J connectivity index is 2.42. The minimum absolute atomic E-state index is 0.0263. The van der Waals surface area contributed by atoms with Crippen LogP contribution in [0.1, 0.15) is 40.0 Å². The second kappa shape index (κ2) is 6.46. The van der Waals surface area contributed by atoms with E-state index in [1.54, 1.807) is 0 Å². The van der Waals surface area contributed by atoms with Crippen molar-refractivity contribution < 1.29 is 9.47 Å². The summed E-state index contributed by atoms with van der Waals surface area (Å²) in [6.45, 7) is 9.99. The van der Waals surface area contributed by atoms with Gasteiger partial charge < -0.3 is 14.8 Å². The van der Waals surface area contributed by atoms with Crippen LogP contribution >= 0.6 is 0 Å². The Hall–Kier alpha value is -0.120. The molecule has 1 saturated heterocycles. The maximum Gasteiger partial charge on any atom is 0.0850 e. The molecular formula is C12H25NO2. The maximum atomic E-state index is 6.03. The van der Waals surface area contributed by atoms with Crippen molar-refractivity contribution in [3.05, 3.63) is 0 Å². The third-order valence-corrected chi connectivity index (χ3v) is 2.85. The summed E-state index contributed by atoms with van der Waals surface area (Å²) >= 11 is 0. The molecule has 0 aromatic rings. The van der Waals surface area contributed by atoms with E-state index in [1.807, 2.05) is 0 Å². The van der Waals surface area contributed by atoms with Crippen LogP contribution in [0.2, 0.25) is 0 Å². The van der Waals surface area contributed by atoms with Crippen molar-refractivity contribution in [2.75, 3.05) is 26.4 Å². The van der Waals surface area contributed by atoms with Crippen molar-refractivity contribution in [3.63, 3.8) is 0 Å². The first-order valence-electron chi connectivity index (χ1n) is 6.13. The first-order valence-corrected chi connectivity index (χ1v) is 6.13. The van der Waals surface area contributed by atoms with E-state index >= 15 is 0 Å². The molecule has 0 amide bonds. The quantitative estimate of drug-likeness (QED) is 0.734. The second-order valence-corrected chi connectivity index (χ2v) is 4.68. The smallest absolute Gasteiger partial charge is 0.0850 e. The summed E-state index contributed by atoms with van der Waals surface area (Å²) in [7, 11) is 0. The van der Waals surface area contributed by atoms with Crippen LogP contribution in [0.4, 0.5) is 0 Å². The third-order valence-electron chi connectivity index (χ3n) is 2.85. The van der Waals surface area contributed by atoms with Crippen molar-refractivity contribution in [2.45, 2.75) is 51.7 Å². The fourth-order valence-electron chi connectivity index (χ4n) is 1.82. The van der Waals surface area contributed by atoms with Gasteiger partial charge in [-0.2, -0.15) is 0 Å². The highest BCUT2D eigenvalue weighted by molar-refractivity contribution is 4.86. The van der Waals surface area contributed by atoms with Crippen molar-refractivity contribution >= 4 is 0 Å². The Morgan fingerprint density at radius 2 is 2.00 bits per heavy atom. The lowest BCUT2D eigenvalue weighted by molar-refractivity contribution is -0.109. The molecule has 0 radical (unpaired) electrons. The van der Waals surface area contributed by atoms with Gasteiger partial charge in [0.15, 0.2) is 0 Å². The molecule has 90 valence electrons. The number of hydrogen-bond donors (Lipinski definition) is 1. The van der Waals surface area contributed by atoms with Crippen LogP contribution in [0.3, 0.4) is 0 Å². The zero-order chi connectivity index (χ0) is 11.1. The maximum absolute atomic E-state index is 6.03. The average Bonchev–Trinajstić information content (AvgIpc) is 2.25. The van der Waals surface area contributed by atoms with Gasteiger partial charge in [0.2, 0.25) is 0 Å². The zero-order valence-electron chi connectivity index (χ0n) is 10.3. The third kappa shape index (κ3) is 4.49. The van der Waals surface area contributed by atoms with Crippen LogP contribution in [-0.4, -0.2) is 38.0 Å². The van der Waals surface area contributed by atoms with Gasteiger partial charge in [0.05, 0.1) is 5.60 Å². The molecular weight excluding hydrogens is 190 g/mol. The highest BCUT2D eigenvalue weighted by atomic mass is 16.5. The van der Waals surface area contributed by atoms with E-state index in [9.17, 15) is 0 Å². The van der Waals surface area contributed by atoms with Gasteiger partial charge in [-0.3, -0.25) is 0 Å². The minimum atomic E-state index is 0.0263. The Morgan fingerprint density at radius 1 is 1.33 bits per heavy atom. The molecule has 1 fully saturated rings. The van der Waals surface area contributed by atoms with Crippen molar-refractivity contribution in [1.29, 1.82) is 0 Å². The molecule has 0 aromatic carbocycles. The number of hydrogen-bond acceptors (Lipinski definition) is 3. The molecule has 0 atom stereocenters. The summed E-state index contributed by atoms with van der Waals surface area (Å²) in [5, 5.41) is 3.48. The summed E-state index contributed by atoms with van der Waals surface area (Å²) < 4.78 is 11.4. The molecule has 1 aliphatic rings. The average molecular weight is 215 g/mol. The largest absolute Gasteiger partial charge is 0.381 e. The summed E-state index contributed by atoms with van der Waals surface area (Å²) in [6, 6.07) is 0.523. The van der Waals surface area contributed by atoms with Crippen LogP contribution in [0.15, 0.2) is 0 Å².